The minimum atomic E-state index is -0.981. The van der Waals surface area contributed by atoms with Crippen LogP contribution in [0.1, 0.15) is 30.1 Å². The van der Waals surface area contributed by atoms with E-state index >= 15 is 0 Å². The van der Waals surface area contributed by atoms with Gasteiger partial charge >= 0.3 is 0 Å². The standard InChI is InChI=1S/C21H27NO4/c23-14-5-13-22-16-20(24)21(25)18-9-11-19(12-10-18)26-15-4-8-17-6-2-1-3-7-17/h1-3,6-7,9-12,14,20-22,24-25H,4-5,8,13,15-16H2. The Morgan fingerprint density at radius 2 is 1.77 bits per heavy atom. The third-order valence-electron chi connectivity index (χ3n) is 4.10. The zero-order valence-corrected chi connectivity index (χ0v) is 14.9. The fourth-order valence-electron chi connectivity index (χ4n) is 2.62. The number of carbonyl (C=O) groups is 1. The van der Waals surface area contributed by atoms with Gasteiger partial charge in [-0.2, -0.15) is 0 Å². The van der Waals surface area contributed by atoms with Gasteiger partial charge in [-0.3, -0.25) is 0 Å². The van der Waals surface area contributed by atoms with Gasteiger partial charge in [-0.25, -0.2) is 0 Å². The lowest BCUT2D eigenvalue weighted by Gasteiger charge is -2.19. The molecule has 0 saturated heterocycles. The Morgan fingerprint density at radius 3 is 2.46 bits per heavy atom. The van der Waals surface area contributed by atoms with Crippen LogP contribution in [0, 0.1) is 0 Å². The number of ether oxygens (including phenoxy) is 1. The third kappa shape index (κ3) is 6.96. The van der Waals surface area contributed by atoms with Crippen molar-refractivity contribution in [1.82, 2.24) is 5.32 Å². The van der Waals surface area contributed by atoms with Crippen LogP contribution in [-0.2, 0) is 11.2 Å². The van der Waals surface area contributed by atoms with Crippen molar-refractivity contribution in [3.8, 4) is 5.75 Å². The van der Waals surface area contributed by atoms with Gasteiger partial charge in [0.05, 0.1) is 12.7 Å². The van der Waals surface area contributed by atoms with E-state index in [2.05, 4.69) is 17.4 Å². The SMILES string of the molecule is O=CCCNCC(O)C(O)c1ccc(OCCCc2ccccc2)cc1. The monoisotopic (exact) mass is 357 g/mol. The lowest BCUT2D eigenvalue weighted by molar-refractivity contribution is -0.107. The van der Waals surface area contributed by atoms with Gasteiger partial charge in [-0.1, -0.05) is 42.5 Å². The Hall–Kier alpha value is -2.21. The van der Waals surface area contributed by atoms with Crippen molar-refractivity contribution in [2.24, 2.45) is 0 Å². The van der Waals surface area contributed by atoms with Gasteiger partial charge in [0.2, 0.25) is 0 Å². The van der Waals surface area contributed by atoms with E-state index in [9.17, 15) is 15.0 Å². The molecule has 0 aliphatic rings. The summed E-state index contributed by atoms with van der Waals surface area (Å²) in [7, 11) is 0. The lowest BCUT2D eigenvalue weighted by atomic mass is 10.0. The number of nitrogens with one attached hydrogen (secondary N) is 1. The fraction of sp³-hybridized carbons (Fsp3) is 0.381. The van der Waals surface area contributed by atoms with Crippen LogP contribution < -0.4 is 10.1 Å². The second-order valence-electron chi connectivity index (χ2n) is 6.18. The van der Waals surface area contributed by atoms with Crippen LogP contribution in [0.5, 0.6) is 5.75 Å². The van der Waals surface area contributed by atoms with Gasteiger partial charge in [0.15, 0.2) is 0 Å². The van der Waals surface area contributed by atoms with Crippen LogP contribution in [0.3, 0.4) is 0 Å². The number of benzene rings is 2. The van der Waals surface area contributed by atoms with Gasteiger partial charge in [0, 0.05) is 19.5 Å². The topological polar surface area (TPSA) is 78.8 Å². The summed E-state index contributed by atoms with van der Waals surface area (Å²) >= 11 is 0. The van der Waals surface area contributed by atoms with E-state index < -0.39 is 12.2 Å². The zero-order chi connectivity index (χ0) is 18.6. The highest BCUT2D eigenvalue weighted by molar-refractivity contribution is 5.49. The van der Waals surface area contributed by atoms with Gasteiger partial charge in [0.25, 0.3) is 0 Å². The quantitative estimate of drug-likeness (QED) is 0.401. The molecular weight excluding hydrogens is 330 g/mol. The molecule has 0 aliphatic carbocycles. The molecule has 2 atom stereocenters. The van der Waals surface area contributed by atoms with Gasteiger partial charge in [-0.15, -0.1) is 0 Å². The molecule has 0 fully saturated rings. The molecule has 0 radical (unpaired) electrons. The van der Waals surface area contributed by atoms with E-state index in [1.54, 1.807) is 24.3 Å². The summed E-state index contributed by atoms with van der Waals surface area (Å²) in [5, 5.41) is 23.1. The molecule has 0 amide bonds. The summed E-state index contributed by atoms with van der Waals surface area (Å²) in [6.07, 6.45) is 1.19. The first-order valence-corrected chi connectivity index (χ1v) is 8.98. The summed E-state index contributed by atoms with van der Waals surface area (Å²) in [4.78, 5) is 10.2. The molecule has 2 rings (SSSR count). The Balaban J connectivity index is 1.71. The number of aliphatic hydroxyl groups is 2. The van der Waals surface area contributed by atoms with E-state index in [-0.39, 0.29) is 6.54 Å². The van der Waals surface area contributed by atoms with E-state index in [4.69, 9.17) is 4.74 Å². The molecule has 0 saturated carbocycles. The fourth-order valence-corrected chi connectivity index (χ4v) is 2.62. The zero-order valence-electron chi connectivity index (χ0n) is 14.9. The first kappa shape index (κ1) is 20.1. The summed E-state index contributed by atoms with van der Waals surface area (Å²) in [5.41, 5.74) is 1.93. The second kappa shape index (κ2) is 11.4. The van der Waals surface area contributed by atoms with Crippen molar-refractivity contribution in [2.75, 3.05) is 19.7 Å². The van der Waals surface area contributed by atoms with Crippen LogP contribution >= 0.6 is 0 Å². The predicted molar refractivity (Wildman–Crippen MR) is 101 cm³/mol. The van der Waals surface area contributed by atoms with Crippen molar-refractivity contribution < 1.29 is 19.7 Å². The molecule has 0 aromatic heterocycles. The molecule has 5 nitrogen and oxygen atoms in total. The smallest absolute Gasteiger partial charge is 0.121 e. The average molecular weight is 357 g/mol. The van der Waals surface area contributed by atoms with Crippen molar-refractivity contribution in [1.29, 1.82) is 0 Å². The number of aldehydes is 1. The molecule has 140 valence electrons. The molecule has 5 heteroatoms. The molecule has 26 heavy (non-hydrogen) atoms. The highest BCUT2D eigenvalue weighted by Crippen LogP contribution is 2.20. The van der Waals surface area contributed by atoms with E-state index in [1.165, 1.54) is 5.56 Å². The molecule has 0 spiro atoms. The Labute approximate surface area is 154 Å². The highest BCUT2D eigenvalue weighted by Gasteiger charge is 2.17. The summed E-state index contributed by atoms with van der Waals surface area (Å²) < 4.78 is 5.73. The number of aliphatic hydroxyl groups excluding tert-OH is 2. The van der Waals surface area contributed by atoms with Crippen LogP contribution in [0.15, 0.2) is 54.6 Å². The largest absolute Gasteiger partial charge is 0.494 e. The molecule has 0 heterocycles. The summed E-state index contributed by atoms with van der Waals surface area (Å²) in [6.45, 7) is 1.34. The molecule has 3 N–H and O–H groups in total. The second-order valence-corrected chi connectivity index (χ2v) is 6.18. The lowest BCUT2D eigenvalue weighted by Crippen LogP contribution is -2.32. The Morgan fingerprint density at radius 1 is 1.04 bits per heavy atom. The Kier molecular flexibility index (Phi) is 8.83. The van der Waals surface area contributed by atoms with E-state index in [0.29, 0.717) is 25.1 Å². The van der Waals surface area contributed by atoms with Crippen LogP contribution in [0.25, 0.3) is 0 Å². The molecule has 2 unspecified atom stereocenters. The first-order chi connectivity index (χ1) is 12.7. The van der Waals surface area contributed by atoms with Crippen LogP contribution in [0.4, 0.5) is 0 Å². The van der Waals surface area contributed by atoms with Crippen LogP contribution in [0.2, 0.25) is 0 Å². The summed E-state index contributed by atoms with van der Waals surface area (Å²) in [5.74, 6) is 0.743. The number of carbonyl (C=O) groups excluding carboxylic acids is 1. The highest BCUT2D eigenvalue weighted by atomic mass is 16.5. The third-order valence-corrected chi connectivity index (χ3v) is 4.10. The molecule has 2 aromatic carbocycles. The molecular formula is C21H27NO4. The van der Waals surface area contributed by atoms with Gasteiger partial charge in [-0.05, 0) is 36.1 Å². The van der Waals surface area contributed by atoms with Gasteiger partial charge in [0.1, 0.15) is 18.1 Å². The van der Waals surface area contributed by atoms with Crippen molar-refractivity contribution in [2.45, 2.75) is 31.5 Å². The number of rotatable bonds is 12. The summed E-state index contributed by atoms with van der Waals surface area (Å²) in [6, 6.07) is 17.4. The normalized spacial score (nSPS) is 13.2. The van der Waals surface area contributed by atoms with Crippen LogP contribution in [-0.4, -0.2) is 42.3 Å². The van der Waals surface area contributed by atoms with E-state index in [1.807, 2.05) is 18.2 Å². The van der Waals surface area contributed by atoms with Gasteiger partial charge < -0.3 is 25.1 Å². The number of aryl methyl sites for hydroxylation is 1. The van der Waals surface area contributed by atoms with E-state index in [0.717, 1.165) is 24.9 Å². The number of hydrogen-bond acceptors (Lipinski definition) is 5. The maximum absolute atomic E-state index is 10.2. The molecule has 2 aromatic rings. The van der Waals surface area contributed by atoms with Crippen molar-refractivity contribution >= 4 is 6.29 Å². The maximum Gasteiger partial charge on any atom is 0.121 e. The number of hydrogen-bond donors (Lipinski definition) is 3. The minimum absolute atomic E-state index is 0.229. The minimum Gasteiger partial charge on any atom is -0.494 e. The molecule has 0 aliphatic heterocycles. The Bertz CT molecular complexity index is 630. The predicted octanol–water partition coefficient (Wildman–Crippen LogP) is 2.27. The maximum atomic E-state index is 10.2. The van der Waals surface area contributed by atoms with Crippen molar-refractivity contribution in [3.05, 3.63) is 65.7 Å². The molecule has 0 bridgehead atoms. The average Bonchev–Trinajstić information content (AvgIpc) is 2.69. The van der Waals surface area contributed by atoms with Crippen molar-refractivity contribution in [3.63, 3.8) is 0 Å². The first-order valence-electron chi connectivity index (χ1n) is 8.98.